The summed E-state index contributed by atoms with van der Waals surface area (Å²) in [5.74, 6) is 1.28. The van der Waals surface area contributed by atoms with E-state index >= 15 is 0 Å². The summed E-state index contributed by atoms with van der Waals surface area (Å²) in [6.45, 7) is 4.99. The van der Waals surface area contributed by atoms with Gasteiger partial charge in [0.2, 0.25) is 0 Å². The van der Waals surface area contributed by atoms with Crippen LogP contribution in [0.4, 0.5) is 5.82 Å². The highest BCUT2D eigenvalue weighted by atomic mass is 35.5. The van der Waals surface area contributed by atoms with Gasteiger partial charge < -0.3 is 15.2 Å². The number of aromatic nitrogens is 2. The van der Waals surface area contributed by atoms with Crippen LogP contribution in [-0.4, -0.2) is 40.4 Å². The molecule has 17 heavy (non-hydrogen) atoms. The number of hydrogen-bond donors (Lipinski definition) is 2. The van der Waals surface area contributed by atoms with Crippen LogP contribution in [0.3, 0.4) is 0 Å². The molecule has 1 unspecified atom stereocenters. The van der Waals surface area contributed by atoms with Gasteiger partial charge in [0.05, 0.1) is 6.61 Å². The van der Waals surface area contributed by atoms with Crippen LogP contribution in [0, 0.1) is 13.8 Å². The molecule has 0 bridgehead atoms. The molecule has 1 fully saturated rings. The standard InChI is InChI=1S/C11H16ClN3O2/c1-7-9(12)14-8(2)15-10(7)13-5-11(16)3-4-17-6-11/h16H,3-6H2,1-2H3,(H,13,14,15). The Balaban J connectivity index is 2.08. The summed E-state index contributed by atoms with van der Waals surface area (Å²) in [6.07, 6.45) is 0.636. The second-order valence-corrected chi connectivity index (χ2v) is 4.77. The first kappa shape index (κ1) is 12.5. The van der Waals surface area contributed by atoms with Crippen LogP contribution in [0.15, 0.2) is 0 Å². The second kappa shape index (κ2) is 4.76. The number of aryl methyl sites for hydroxylation is 1. The quantitative estimate of drug-likeness (QED) is 0.800. The monoisotopic (exact) mass is 257 g/mol. The number of nitrogens with one attached hydrogen (secondary N) is 1. The van der Waals surface area contributed by atoms with Crippen molar-refractivity contribution < 1.29 is 9.84 Å². The van der Waals surface area contributed by atoms with Gasteiger partial charge in [-0.2, -0.15) is 0 Å². The van der Waals surface area contributed by atoms with Crippen LogP contribution in [-0.2, 0) is 4.74 Å². The first-order valence-corrected chi connectivity index (χ1v) is 5.93. The summed E-state index contributed by atoms with van der Waals surface area (Å²) in [4.78, 5) is 8.33. The van der Waals surface area contributed by atoms with Crippen molar-refractivity contribution in [2.45, 2.75) is 25.9 Å². The number of nitrogens with zero attached hydrogens (tertiary/aromatic N) is 2. The van der Waals surface area contributed by atoms with Gasteiger partial charge in [-0.25, -0.2) is 9.97 Å². The van der Waals surface area contributed by atoms with Gasteiger partial charge in [-0.15, -0.1) is 0 Å². The molecule has 1 saturated heterocycles. The molecule has 0 aromatic carbocycles. The zero-order valence-corrected chi connectivity index (χ0v) is 10.7. The lowest BCUT2D eigenvalue weighted by Crippen LogP contribution is -2.37. The second-order valence-electron chi connectivity index (χ2n) is 4.42. The topological polar surface area (TPSA) is 67.3 Å². The minimum atomic E-state index is -0.808. The molecule has 2 rings (SSSR count). The molecule has 2 heterocycles. The highest BCUT2D eigenvalue weighted by molar-refractivity contribution is 6.30. The predicted molar refractivity (Wildman–Crippen MR) is 65.4 cm³/mol. The largest absolute Gasteiger partial charge is 0.386 e. The Labute approximate surface area is 105 Å². The van der Waals surface area contributed by atoms with E-state index in [0.29, 0.717) is 43.0 Å². The lowest BCUT2D eigenvalue weighted by atomic mass is 10.0. The van der Waals surface area contributed by atoms with Crippen molar-refractivity contribution in [1.82, 2.24) is 9.97 Å². The van der Waals surface area contributed by atoms with Gasteiger partial charge in [0.1, 0.15) is 22.4 Å². The van der Waals surface area contributed by atoms with Gasteiger partial charge in [0, 0.05) is 25.1 Å². The van der Waals surface area contributed by atoms with E-state index in [1.807, 2.05) is 6.92 Å². The van der Waals surface area contributed by atoms with Gasteiger partial charge in [0.15, 0.2) is 0 Å². The Kier molecular flexibility index (Phi) is 3.51. The molecule has 0 spiro atoms. The van der Waals surface area contributed by atoms with Crippen molar-refractivity contribution in [2.75, 3.05) is 25.1 Å². The number of halogens is 1. The fourth-order valence-corrected chi connectivity index (χ4v) is 1.96. The van der Waals surface area contributed by atoms with Crippen molar-refractivity contribution in [1.29, 1.82) is 0 Å². The molecule has 0 amide bonds. The molecule has 0 saturated carbocycles. The molecule has 1 aromatic rings. The van der Waals surface area contributed by atoms with E-state index in [0.717, 1.165) is 5.56 Å². The average Bonchev–Trinajstić information content (AvgIpc) is 2.69. The van der Waals surface area contributed by atoms with E-state index in [2.05, 4.69) is 15.3 Å². The molecule has 2 N–H and O–H groups in total. The summed E-state index contributed by atoms with van der Waals surface area (Å²) in [6, 6.07) is 0. The van der Waals surface area contributed by atoms with Crippen molar-refractivity contribution in [3.63, 3.8) is 0 Å². The highest BCUT2D eigenvalue weighted by Gasteiger charge is 2.32. The van der Waals surface area contributed by atoms with Crippen molar-refractivity contribution in [2.24, 2.45) is 0 Å². The summed E-state index contributed by atoms with van der Waals surface area (Å²) >= 11 is 5.97. The molecule has 94 valence electrons. The molecule has 1 aliphatic rings. The third-order valence-electron chi connectivity index (χ3n) is 2.87. The SMILES string of the molecule is Cc1nc(Cl)c(C)c(NCC2(O)CCOC2)n1. The number of rotatable bonds is 3. The predicted octanol–water partition coefficient (Wildman–Crippen LogP) is 1.31. The molecular formula is C11H16ClN3O2. The molecule has 1 aliphatic heterocycles. The number of hydrogen-bond acceptors (Lipinski definition) is 5. The Hall–Kier alpha value is -0.910. The number of anilines is 1. The summed E-state index contributed by atoms with van der Waals surface area (Å²) in [7, 11) is 0. The average molecular weight is 258 g/mol. The summed E-state index contributed by atoms with van der Waals surface area (Å²) < 4.78 is 5.18. The van der Waals surface area contributed by atoms with Crippen LogP contribution >= 0.6 is 11.6 Å². The molecular weight excluding hydrogens is 242 g/mol. The Morgan fingerprint density at radius 2 is 2.24 bits per heavy atom. The maximum absolute atomic E-state index is 10.1. The van der Waals surface area contributed by atoms with E-state index in [1.54, 1.807) is 6.92 Å². The van der Waals surface area contributed by atoms with E-state index in [1.165, 1.54) is 0 Å². The fraction of sp³-hybridized carbons (Fsp3) is 0.636. The third kappa shape index (κ3) is 2.86. The van der Waals surface area contributed by atoms with Crippen LogP contribution in [0.2, 0.25) is 5.15 Å². The fourth-order valence-electron chi connectivity index (χ4n) is 1.75. The van der Waals surface area contributed by atoms with E-state index < -0.39 is 5.60 Å². The molecule has 0 aliphatic carbocycles. The van der Waals surface area contributed by atoms with Crippen molar-refractivity contribution in [3.8, 4) is 0 Å². The third-order valence-corrected chi connectivity index (χ3v) is 3.23. The number of aliphatic hydroxyl groups is 1. The van der Waals surface area contributed by atoms with Gasteiger partial charge in [-0.1, -0.05) is 11.6 Å². The van der Waals surface area contributed by atoms with Gasteiger partial charge >= 0.3 is 0 Å². The molecule has 1 aromatic heterocycles. The van der Waals surface area contributed by atoms with E-state index in [4.69, 9.17) is 16.3 Å². The minimum Gasteiger partial charge on any atom is -0.386 e. The summed E-state index contributed by atoms with van der Waals surface area (Å²) in [5.41, 5.74) is -0.0163. The van der Waals surface area contributed by atoms with E-state index in [-0.39, 0.29) is 0 Å². The first-order chi connectivity index (χ1) is 8.00. The van der Waals surface area contributed by atoms with Gasteiger partial charge in [-0.3, -0.25) is 0 Å². The molecule has 6 heteroatoms. The van der Waals surface area contributed by atoms with E-state index in [9.17, 15) is 5.11 Å². The van der Waals surface area contributed by atoms with Crippen LogP contribution in [0.5, 0.6) is 0 Å². The first-order valence-electron chi connectivity index (χ1n) is 5.55. The summed E-state index contributed by atoms with van der Waals surface area (Å²) in [5, 5.41) is 13.7. The zero-order valence-electron chi connectivity index (χ0n) is 9.96. The van der Waals surface area contributed by atoms with Gasteiger partial charge in [-0.05, 0) is 13.8 Å². The van der Waals surface area contributed by atoms with Crippen LogP contribution in [0.1, 0.15) is 17.8 Å². The van der Waals surface area contributed by atoms with Crippen LogP contribution < -0.4 is 5.32 Å². The van der Waals surface area contributed by atoms with Crippen molar-refractivity contribution in [3.05, 3.63) is 16.5 Å². The maximum Gasteiger partial charge on any atom is 0.137 e. The minimum absolute atomic E-state index is 0.358. The smallest absolute Gasteiger partial charge is 0.137 e. The maximum atomic E-state index is 10.1. The van der Waals surface area contributed by atoms with Gasteiger partial charge in [0.25, 0.3) is 0 Å². The normalized spacial score (nSPS) is 24.0. The Bertz CT molecular complexity index is 419. The molecule has 5 nitrogen and oxygen atoms in total. The molecule has 0 radical (unpaired) electrons. The Morgan fingerprint density at radius 1 is 1.47 bits per heavy atom. The highest BCUT2D eigenvalue weighted by Crippen LogP contribution is 2.22. The number of ether oxygens (including phenoxy) is 1. The molecule has 1 atom stereocenters. The zero-order chi connectivity index (χ0) is 12.5. The Morgan fingerprint density at radius 3 is 2.88 bits per heavy atom. The lowest BCUT2D eigenvalue weighted by molar-refractivity contribution is 0.0381. The lowest BCUT2D eigenvalue weighted by Gasteiger charge is -2.21. The van der Waals surface area contributed by atoms with Crippen molar-refractivity contribution >= 4 is 17.4 Å². The van der Waals surface area contributed by atoms with Crippen LogP contribution in [0.25, 0.3) is 0 Å².